The van der Waals surface area contributed by atoms with Crippen molar-refractivity contribution in [1.82, 2.24) is 10.2 Å². The van der Waals surface area contributed by atoms with Gasteiger partial charge in [-0.05, 0) is 53.8 Å². The topological polar surface area (TPSA) is 35.6 Å². The van der Waals surface area contributed by atoms with Crippen LogP contribution in [0.25, 0.3) is 0 Å². The Hall–Kier alpha value is -3.11. The van der Waals surface area contributed by atoms with Crippen LogP contribution in [0.1, 0.15) is 38.7 Å². The summed E-state index contributed by atoms with van der Waals surface area (Å²) in [6.45, 7) is 4.44. The number of amides is 1. The Morgan fingerprint density at radius 1 is 0.968 bits per heavy atom. The predicted octanol–water partition coefficient (Wildman–Crippen LogP) is 4.59. The number of carbonyl (C=O) groups excluding carboxylic acids is 1. The maximum absolute atomic E-state index is 12.9. The quantitative estimate of drug-likeness (QED) is 0.642. The van der Waals surface area contributed by atoms with E-state index in [9.17, 15) is 4.79 Å². The molecule has 0 aliphatic carbocycles. The van der Waals surface area contributed by atoms with Gasteiger partial charge in [0.15, 0.2) is 0 Å². The zero-order valence-corrected chi connectivity index (χ0v) is 18.6. The minimum absolute atomic E-state index is 0.00887. The maximum Gasteiger partial charge on any atom is 0.251 e. The summed E-state index contributed by atoms with van der Waals surface area (Å²) in [6.07, 6.45) is 1.04. The van der Waals surface area contributed by atoms with Gasteiger partial charge in [0, 0.05) is 45.0 Å². The average molecular weight is 414 g/mol. The van der Waals surface area contributed by atoms with E-state index < -0.39 is 0 Å². The third-order valence-corrected chi connectivity index (χ3v) is 6.24. The lowest BCUT2D eigenvalue weighted by Crippen LogP contribution is -2.40. The molecular weight excluding hydrogens is 382 g/mol. The zero-order chi connectivity index (χ0) is 21.8. The molecule has 3 aromatic rings. The van der Waals surface area contributed by atoms with Crippen LogP contribution in [-0.4, -0.2) is 38.0 Å². The van der Waals surface area contributed by atoms with Crippen molar-refractivity contribution in [2.45, 2.75) is 25.9 Å². The van der Waals surface area contributed by atoms with Gasteiger partial charge in [0.1, 0.15) is 0 Å². The van der Waals surface area contributed by atoms with Gasteiger partial charge in [-0.3, -0.25) is 9.69 Å². The number of hydrogen-bond donors (Lipinski definition) is 1. The maximum atomic E-state index is 12.9. The van der Waals surface area contributed by atoms with Crippen LogP contribution in [0.4, 0.5) is 5.69 Å². The first kappa shape index (κ1) is 21.1. The number of anilines is 1. The third kappa shape index (κ3) is 4.80. The molecular formula is C27H31N3O. The first-order valence-electron chi connectivity index (χ1n) is 10.9. The molecule has 31 heavy (non-hydrogen) atoms. The summed E-state index contributed by atoms with van der Waals surface area (Å²) in [5.74, 6) is -0.00887. The molecule has 4 heteroatoms. The van der Waals surface area contributed by atoms with Crippen molar-refractivity contribution < 1.29 is 4.79 Å². The van der Waals surface area contributed by atoms with Gasteiger partial charge < -0.3 is 10.2 Å². The molecule has 0 saturated heterocycles. The number of aryl methyl sites for hydroxylation is 1. The molecule has 1 aliphatic rings. The Bertz CT molecular complexity index is 1040. The molecule has 4 nitrogen and oxygen atoms in total. The second-order valence-corrected chi connectivity index (χ2v) is 8.52. The van der Waals surface area contributed by atoms with E-state index in [1.165, 1.54) is 22.4 Å². The summed E-state index contributed by atoms with van der Waals surface area (Å²) in [6, 6.07) is 25.3. The summed E-state index contributed by atoms with van der Waals surface area (Å²) in [5, 5.41) is 3.21. The summed E-state index contributed by atoms with van der Waals surface area (Å²) in [4.78, 5) is 17.5. The Morgan fingerprint density at radius 3 is 2.35 bits per heavy atom. The normalized spacial score (nSPS) is 14.5. The highest BCUT2D eigenvalue weighted by atomic mass is 16.1. The highest BCUT2D eigenvalue weighted by Crippen LogP contribution is 2.29. The summed E-state index contributed by atoms with van der Waals surface area (Å²) in [7, 11) is 4.10. The smallest absolute Gasteiger partial charge is 0.251 e. The van der Waals surface area contributed by atoms with Crippen molar-refractivity contribution in [1.29, 1.82) is 0 Å². The molecule has 0 bridgehead atoms. The number of hydrogen-bond acceptors (Lipinski definition) is 3. The molecule has 0 radical (unpaired) electrons. The molecule has 160 valence electrons. The lowest BCUT2D eigenvalue weighted by atomic mass is 9.96. The lowest BCUT2D eigenvalue weighted by molar-refractivity contribution is 0.0927. The van der Waals surface area contributed by atoms with E-state index in [0.717, 1.165) is 30.6 Å². The zero-order valence-electron chi connectivity index (χ0n) is 18.6. The monoisotopic (exact) mass is 413 g/mol. The van der Waals surface area contributed by atoms with E-state index >= 15 is 0 Å². The molecule has 1 atom stereocenters. The Balaban J connectivity index is 1.57. The van der Waals surface area contributed by atoms with E-state index in [0.29, 0.717) is 6.54 Å². The fourth-order valence-corrected chi connectivity index (χ4v) is 4.35. The second-order valence-electron chi connectivity index (χ2n) is 8.52. The number of carbonyl (C=O) groups is 1. The van der Waals surface area contributed by atoms with Gasteiger partial charge in [-0.25, -0.2) is 0 Å². The summed E-state index contributed by atoms with van der Waals surface area (Å²) < 4.78 is 0. The van der Waals surface area contributed by atoms with Gasteiger partial charge >= 0.3 is 0 Å². The van der Waals surface area contributed by atoms with Gasteiger partial charge in [0.25, 0.3) is 5.91 Å². The molecule has 0 unspecified atom stereocenters. The second kappa shape index (κ2) is 9.36. The van der Waals surface area contributed by atoms with Crippen LogP contribution in [0.15, 0.2) is 72.8 Å². The Kier molecular flexibility index (Phi) is 6.38. The van der Waals surface area contributed by atoms with Crippen LogP contribution in [0.3, 0.4) is 0 Å². The highest BCUT2D eigenvalue weighted by Gasteiger charge is 2.25. The fourth-order valence-electron chi connectivity index (χ4n) is 4.35. The molecule has 0 fully saturated rings. The van der Waals surface area contributed by atoms with Gasteiger partial charge in [-0.2, -0.15) is 0 Å². The molecule has 0 aromatic heterocycles. The lowest BCUT2D eigenvalue weighted by Gasteiger charge is -2.36. The van der Waals surface area contributed by atoms with Crippen molar-refractivity contribution in [2.24, 2.45) is 0 Å². The molecule has 3 aromatic carbocycles. The third-order valence-electron chi connectivity index (χ3n) is 6.24. The molecule has 0 saturated carbocycles. The van der Waals surface area contributed by atoms with E-state index in [-0.39, 0.29) is 11.9 Å². The summed E-state index contributed by atoms with van der Waals surface area (Å²) >= 11 is 0. The van der Waals surface area contributed by atoms with Crippen molar-refractivity contribution in [3.8, 4) is 0 Å². The Morgan fingerprint density at radius 2 is 1.65 bits per heavy atom. The Labute approximate surface area is 185 Å². The molecule has 0 spiro atoms. The fraction of sp³-hybridized carbons (Fsp3) is 0.296. The molecule has 1 heterocycles. The highest BCUT2D eigenvalue weighted by molar-refractivity contribution is 5.95. The first-order chi connectivity index (χ1) is 15.0. The van der Waals surface area contributed by atoms with Crippen molar-refractivity contribution in [3.63, 3.8) is 0 Å². The van der Waals surface area contributed by atoms with E-state index in [4.69, 9.17) is 0 Å². The van der Waals surface area contributed by atoms with Gasteiger partial charge in [0.05, 0.1) is 6.04 Å². The van der Waals surface area contributed by atoms with Crippen LogP contribution in [0.5, 0.6) is 0 Å². The van der Waals surface area contributed by atoms with Crippen LogP contribution in [-0.2, 0) is 13.0 Å². The van der Waals surface area contributed by atoms with Gasteiger partial charge in [0.2, 0.25) is 0 Å². The first-order valence-corrected chi connectivity index (χ1v) is 10.9. The number of benzene rings is 3. The van der Waals surface area contributed by atoms with Crippen molar-refractivity contribution in [2.75, 3.05) is 32.1 Å². The van der Waals surface area contributed by atoms with Crippen molar-refractivity contribution >= 4 is 11.6 Å². The van der Waals surface area contributed by atoms with Crippen LogP contribution >= 0.6 is 0 Å². The molecule has 1 N–H and O–H groups in total. The molecule has 1 amide bonds. The molecule has 4 rings (SSSR count). The number of nitrogens with one attached hydrogen (secondary N) is 1. The van der Waals surface area contributed by atoms with Gasteiger partial charge in [-0.1, -0.05) is 54.6 Å². The van der Waals surface area contributed by atoms with Crippen LogP contribution < -0.4 is 10.2 Å². The van der Waals surface area contributed by atoms with E-state index in [2.05, 4.69) is 77.7 Å². The standard InChI is InChI=1S/C27H31N3O/c1-20-8-4-7-11-25(20)27(31)28-18-26(22-12-14-24(15-13-22)29(2)3)30-17-16-21-9-5-6-10-23(21)19-30/h4-15,26H,16-19H2,1-3H3,(H,28,31)/t26-/m1/s1. The van der Waals surface area contributed by atoms with E-state index in [1.807, 2.05) is 31.2 Å². The number of fused-ring (bicyclic) bond motifs is 1. The number of rotatable bonds is 6. The minimum Gasteiger partial charge on any atom is -0.378 e. The minimum atomic E-state index is -0.00887. The predicted molar refractivity (Wildman–Crippen MR) is 128 cm³/mol. The largest absolute Gasteiger partial charge is 0.378 e. The van der Waals surface area contributed by atoms with Crippen molar-refractivity contribution in [3.05, 3.63) is 101 Å². The molecule has 1 aliphatic heterocycles. The SMILES string of the molecule is Cc1ccccc1C(=O)NC[C@H](c1ccc(N(C)C)cc1)N1CCc2ccccc2C1. The van der Waals surface area contributed by atoms with E-state index in [1.54, 1.807) is 0 Å². The van der Waals surface area contributed by atoms with Crippen LogP contribution in [0.2, 0.25) is 0 Å². The average Bonchev–Trinajstić information content (AvgIpc) is 2.79. The van der Waals surface area contributed by atoms with Crippen LogP contribution in [0, 0.1) is 6.92 Å². The number of nitrogens with zero attached hydrogens (tertiary/aromatic N) is 2. The van der Waals surface area contributed by atoms with Gasteiger partial charge in [-0.15, -0.1) is 0 Å². The summed E-state index contributed by atoms with van der Waals surface area (Å²) in [5.41, 5.74) is 6.97.